The minimum Gasteiger partial charge on any atom is -0.416 e. The molecule has 0 spiro atoms. The van der Waals surface area contributed by atoms with Gasteiger partial charge in [0.05, 0.1) is 0 Å². The van der Waals surface area contributed by atoms with Crippen molar-refractivity contribution in [2.45, 2.75) is 0 Å². The van der Waals surface area contributed by atoms with Crippen molar-refractivity contribution < 1.29 is 18.0 Å². The maximum absolute atomic E-state index is 6.04. The molecule has 8 nitrogen and oxygen atoms in total. The largest absolute Gasteiger partial charge is 0.416 e. The molecule has 0 aliphatic carbocycles. The molecule has 0 unspecified atom stereocenters. The normalized spacial score (nSPS) is 11.1. The van der Waals surface area contributed by atoms with Gasteiger partial charge in [0.15, 0.2) is 24.8 Å². The highest BCUT2D eigenvalue weighted by molar-refractivity contribution is 5.71. The Morgan fingerprint density at radius 2 is 0.479 bits per heavy atom. The second-order valence-electron chi connectivity index (χ2n) is 11.6. The van der Waals surface area contributed by atoms with E-state index in [-0.39, 0.29) is 0 Å². The summed E-state index contributed by atoms with van der Waals surface area (Å²) in [6, 6.07) is 40.8. The van der Waals surface area contributed by atoms with Crippen LogP contribution < -0.4 is 9.13 Å². The first-order valence-electron chi connectivity index (χ1n) is 15.6. The molecular formula is C40H30N6O2+2. The molecule has 0 radical (unpaired) electrons. The SMILES string of the molecule is C[n+]1ccc(-c2ccc(-c3nnc(-c4ccc(-c5ccc(-c6nnc(-c7ccc(-c8cc[n+](C)cc8)cc7)o6)cc5)cc4)o3)cc2)cc1. The molecule has 0 aliphatic heterocycles. The van der Waals surface area contributed by atoms with Crippen LogP contribution in [0.5, 0.6) is 0 Å². The number of rotatable bonds is 7. The number of aromatic nitrogens is 6. The van der Waals surface area contributed by atoms with Gasteiger partial charge in [-0.05, 0) is 81.9 Å². The Morgan fingerprint density at radius 1 is 0.292 bits per heavy atom. The lowest BCUT2D eigenvalue weighted by atomic mass is 10.0. The van der Waals surface area contributed by atoms with E-state index in [1.165, 1.54) is 0 Å². The summed E-state index contributed by atoms with van der Waals surface area (Å²) in [6.45, 7) is 0. The van der Waals surface area contributed by atoms with E-state index in [1.807, 2.05) is 121 Å². The molecule has 0 saturated carbocycles. The summed E-state index contributed by atoms with van der Waals surface area (Å²) < 4.78 is 16.1. The molecule has 0 aliphatic rings. The van der Waals surface area contributed by atoms with Gasteiger partial charge in [0.1, 0.15) is 14.1 Å². The lowest BCUT2D eigenvalue weighted by Crippen LogP contribution is -2.25. The van der Waals surface area contributed by atoms with Gasteiger partial charge < -0.3 is 8.83 Å². The van der Waals surface area contributed by atoms with Crippen LogP contribution >= 0.6 is 0 Å². The van der Waals surface area contributed by atoms with Gasteiger partial charge in [0, 0.05) is 46.5 Å². The molecule has 0 bridgehead atoms. The zero-order valence-corrected chi connectivity index (χ0v) is 26.4. The van der Waals surface area contributed by atoms with Crippen molar-refractivity contribution in [1.82, 2.24) is 20.4 Å². The molecule has 8 aromatic rings. The van der Waals surface area contributed by atoms with Gasteiger partial charge >= 0.3 is 0 Å². The van der Waals surface area contributed by atoms with E-state index in [1.54, 1.807) is 0 Å². The van der Waals surface area contributed by atoms with Crippen LogP contribution in [0.25, 0.3) is 79.2 Å². The van der Waals surface area contributed by atoms with Gasteiger partial charge in [-0.2, -0.15) is 0 Å². The molecule has 4 aromatic heterocycles. The van der Waals surface area contributed by atoms with E-state index < -0.39 is 0 Å². The highest BCUT2D eigenvalue weighted by Gasteiger charge is 2.14. The van der Waals surface area contributed by atoms with Crippen LogP contribution in [0, 0.1) is 0 Å². The minimum absolute atomic E-state index is 0.475. The molecule has 0 N–H and O–H groups in total. The quantitative estimate of drug-likeness (QED) is 0.168. The molecule has 0 saturated heterocycles. The number of hydrogen-bond acceptors (Lipinski definition) is 6. The van der Waals surface area contributed by atoms with Crippen LogP contribution in [0.15, 0.2) is 155 Å². The van der Waals surface area contributed by atoms with Gasteiger partial charge in [0.25, 0.3) is 0 Å². The van der Waals surface area contributed by atoms with Crippen molar-refractivity contribution in [3.63, 3.8) is 0 Å². The number of hydrogen-bond donors (Lipinski definition) is 0. The Kier molecular flexibility index (Phi) is 7.43. The molecule has 4 heterocycles. The Morgan fingerprint density at radius 3 is 0.708 bits per heavy atom. The van der Waals surface area contributed by atoms with Crippen LogP contribution in [0.3, 0.4) is 0 Å². The molecule has 0 fully saturated rings. The van der Waals surface area contributed by atoms with Crippen LogP contribution in [0.1, 0.15) is 0 Å². The maximum Gasteiger partial charge on any atom is 0.248 e. The molecule has 8 rings (SSSR count). The zero-order valence-electron chi connectivity index (χ0n) is 26.4. The van der Waals surface area contributed by atoms with E-state index in [0.29, 0.717) is 23.6 Å². The fourth-order valence-corrected chi connectivity index (χ4v) is 5.52. The van der Waals surface area contributed by atoms with E-state index in [2.05, 4.69) is 68.9 Å². The molecule has 230 valence electrons. The van der Waals surface area contributed by atoms with Crippen molar-refractivity contribution in [2.75, 3.05) is 0 Å². The fraction of sp³-hybridized carbons (Fsp3) is 0.0500. The monoisotopic (exact) mass is 626 g/mol. The number of benzene rings is 4. The third-order valence-corrected chi connectivity index (χ3v) is 8.33. The van der Waals surface area contributed by atoms with E-state index in [9.17, 15) is 0 Å². The minimum atomic E-state index is 0.475. The average Bonchev–Trinajstić information content (AvgIpc) is 3.84. The second kappa shape index (κ2) is 12.3. The standard InChI is InChI=1S/C40H30N6O2/c1-45-23-19-31(20-24-45)29-7-15-35(16-8-29)39-43-41-37(47-39)33-11-3-27(4-12-33)28-5-13-34(14-6-28)38-42-44-40(48-38)36-17-9-30(10-18-36)32-21-25-46(2)26-22-32/h3-26H,1-2H3/q+2. The topological polar surface area (TPSA) is 85.6 Å². The van der Waals surface area contributed by atoms with E-state index in [0.717, 1.165) is 55.6 Å². The summed E-state index contributed by atoms with van der Waals surface area (Å²) >= 11 is 0. The van der Waals surface area contributed by atoms with Crippen molar-refractivity contribution >= 4 is 0 Å². The fourth-order valence-electron chi connectivity index (χ4n) is 5.52. The molecule has 48 heavy (non-hydrogen) atoms. The van der Waals surface area contributed by atoms with Gasteiger partial charge in [-0.3, -0.25) is 0 Å². The first-order valence-corrected chi connectivity index (χ1v) is 15.6. The molecule has 8 heteroatoms. The Bertz CT molecular complexity index is 2140. The van der Waals surface area contributed by atoms with Crippen LogP contribution in [0.2, 0.25) is 0 Å². The number of nitrogens with zero attached hydrogens (tertiary/aromatic N) is 6. The Balaban J connectivity index is 0.934. The summed E-state index contributed by atoms with van der Waals surface area (Å²) in [4.78, 5) is 0. The predicted molar refractivity (Wildman–Crippen MR) is 183 cm³/mol. The Hall–Kier alpha value is -6.54. The van der Waals surface area contributed by atoms with Crippen LogP contribution in [-0.4, -0.2) is 20.4 Å². The Labute approximate surface area is 277 Å². The van der Waals surface area contributed by atoms with E-state index in [4.69, 9.17) is 8.83 Å². The third kappa shape index (κ3) is 5.90. The van der Waals surface area contributed by atoms with E-state index >= 15 is 0 Å². The smallest absolute Gasteiger partial charge is 0.248 e. The van der Waals surface area contributed by atoms with Crippen LogP contribution in [-0.2, 0) is 14.1 Å². The number of aryl methyl sites for hydroxylation is 2. The second-order valence-corrected chi connectivity index (χ2v) is 11.6. The number of pyridine rings is 2. The predicted octanol–water partition coefficient (Wildman–Crippen LogP) is 7.77. The first kappa shape index (κ1) is 28.9. The average molecular weight is 627 g/mol. The van der Waals surface area contributed by atoms with Crippen molar-refractivity contribution in [3.05, 3.63) is 146 Å². The lowest BCUT2D eigenvalue weighted by molar-refractivity contribution is -0.671. The van der Waals surface area contributed by atoms with Crippen molar-refractivity contribution in [2.24, 2.45) is 14.1 Å². The molecule has 0 atom stereocenters. The summed E-state index contributed by atoms with van der Waals surface area (Å²) in [5.41, 5.74) is 10.1. The summed E-state index contributed by atoms with van der Waals surface area (Å²) in [7, 11) is 4.01. The zero-order chi connectivity index (χ0) is 32.5. The lowest BCUT2D eigenvalue weighted by Gasteiger charge is -2.04. The summed E-state index contributed by atoms with van der Waals surface area (Å²) in [5, 5.41) is 17.2. The molecule has 0 amide bonds. The van der Waals surface area contributed by atoms with Gasteiger partial charge in [0.2, 0.25) is 23.6 Å². The first-order chi connectivity index (χ1) is 23.6. The summed E-state index contributed by atoms with van der Waals surface area (Å²) in [5.74, 6) is 1.92. The van der Waals surface area contributed by atoms with Gasteiger partial charge in [-0.15, -0.1) is 20.4 Å². The highest BCUT2D eigenvalue weighted by atomic mass is 16.4. The summed E-state index contributed by atoms with van der Waals surface area (Å²) in [6.07, 6.45) is 8.14. The van der Waals surface area contributed by atoms with Gasteiger partial charge in [-0.25, -0.2) is 9.13 Å². The van der Waals surface area contributed by atoms with Crippen molar-refractivity contribution in [1.29, 1.82) is 0 Å². The maximum atomic E-state index is 6.04. The third-order valence-electron chi connectivity index (χ3n) is 8.33. The molecule has 4 aromatic carbocycles. The van der Waals surface area contributed by atoms with Gasteiger partial charge in [-0.1, -0.05) is 48.5 Å². The molecular weight excluding hydrogens is 596 g/mol. The van der Waals surface area contributed by atoms with Crippen LogP contribution in [0.4, 0.5) is 0 Å². The highest BCUT2D eigenvalue weighted by Crippen LogP contribution is 2.31. The van der Waals surface area contributed by atoms with Crippen molar-refractivity contribution in [3.8, 4) is 79.2 Å².